The van der Waals surface area contributed by atoms with Crippen LogP contribution in [0.4, 0.5) is 5.69 Å². The fourth-order valence-electron chi connectivity index (χ4n) is 1.52. The molecule has 2 rings (SSSR count). The molecule has 0 bridgehead atoms. The van der Waals surface area contributed by atoms with Crippen LogP contribution in [0.25, 0.3) is 0 Å². The standard InChI is InChI=1S/C12H13N3O2/c1-15-8-9(7-13-15)14-12(16)10-5-3-4-6-11(10)17-2/h3-8H,1-2H3,(H,14,16). The first-order chi connectivity index (χ1) is 8.20. The Balaban J connectivity index is 2.20. The molecule has 1 heterocycles. The van der Waals surface area contributed by atoms with Crippen molar-refractivity contribution in [1.29, 1.82) is 0 Å². The van der Waals surface area contributed by atoms with E-state index in [0.717, 1.165) is 0 Å². The number of para-hydroxylation sites is 1. The number of hydrogen-bond acceptors (Lipinski definition) is 3. The zero-order chi connectivity index (χ0) is 12.3. The maximum Gasteiger partial charge on any atom is 0.259 e. The first kappa shape index (κ1) is 11.2. The molecule has 0 unspecified atom stereocenters. The van der Waals surface area contributed by atoms with Gasteiger partial charge in [0.2, 0.25) is 0 Å². The Kier molecular flexibility index (Phi) is 3.09. The van der Waals surface area contributed by atoms with Gasteiger partial charge in [0.05, 0.1) is 24.6 Å². The Morgan fingerprint density at radius 2 is 2.18 bits per heavy atom. The molecule has 0 saturated heterocycles. The van der Waals surface area contributed by atoms with Crippen molar-refractivity contribution in [3.8, 4) is 5.75 Å². The SMILES string of the molecule is COc1ccccc1C(=O)Nc1cnn(C)c1. The number of nitrogens with one attached hydrogen (secondary N) is 1. The fraction of sp³-hybridized carbons (Fsp3) is 0.167. The molecule has 1 amide bonds. The quantitative estimate of drug-likeness (QED) is 0.874. The zero-order valence-electron chi connectivity index (χ0n) is 9.68. The van der Waals surface area contributed by atoms with E-state index in [4.69, 9.17) is 4.74 Å². The van der Waals surface area contributed by atoms with Gasteiger partial charge in [-0.3, -0.25) is 9.48 Å². The molecule has 0 atom stereocenters. The third-order valence-corrected chi connectivity index (χ3v) is 2.31. The fourth-order valence-corrected chi connectivity index (χ4v) is 1.52. The average molecular weight is 231 g/mol. The Labute approximate surface area is 99.0 Å². The number of methoxy groups -OCH3 is 1. The minimum Gasteiger partial charge on any atom is -0.496 e. The zero-order valence-corrected chi connectivity index (χ0v) is 9.68. The highest BCUT2D eigenvalue weighted by molar-refractivity contribution is 6.06. The second-order valence-corrected chi connectivity index (χ2v) is 3.56. The van der Waals surface area contributed by atoms with Gasteiger partial charge in [0.15, 0.2) is 0 Å². The highest BCUT2D eigenvalue weighted by Gasteiger charge is 2.11. The summed E-state index contributed by atoms with van der Waals surface area (Å²) in [7, 11) is 3.33. The van der Waals surface area contributed by atoms with E-state index in [1.54, 1.807) is 42.3 Å². The second kappa shape index (κ2) is 4.69. The summed E-state index contributed by atoms with van der Waals surface area (Å²) in [6.07, 6.45) is 3.32. The average Bonchev–Trinajstić information content (AvgIpc) is 2.74. The van der Waals surface area contributed by atoms with E-state index in [1.165, 1.54) is 7.11 Å². The Hall–Kier alpha value is -2.30. The predicted molar refractivity (Wildman–Crippen MR) is 64.2 cm³/mol. The molecule has 1 N–H and O–H groups in total. The first-order valence-electron chi connectivity index (χ1n) is 5.13. The van der Waals surface area contributed by atoms with Gasteiger partial charge in [-0.2, -0.15) is 5.10 Å². The van der Waals surface area contributed by atoms with E-state index >= 15 is 0 Å². The molecule has 1 aromatic heterocycles. The molecule has 5 heteroatoms. The molecule has 2 aromatic rings. The number of benzene rings is 1. The van der Waals surface area contributed by atoms with E-state index in [9.17, 15) is 4.79 Å². The number of aryl methyl sites for hydroxylation is 1. The number of amides is 1. The molecular formula is C12H13N3O2. The number of hydrogen-bond donors (Lipinski definition) is 1. The minimum atomic E-state index is -0.213. The maximum absolute atomic E-state index is 12.0. The molecule has 0 saturated carbocycles. The first-order valence-corrected chi connectivity index (χ1v) is 5.13. The van der Waals surface area contributed by atoms with Crippen LogP contribution in [0.5, 0.6) is 5.75 Å². The van der Waals surface area contributed by atoms with Crippen molar-refractivity contribution in [2.24, 2.45) is 7.05 Å². The lowest BCUT2D eigenvalue weighted by atomic mass is 10.2. The van der Waals surface area contributed by atoms with Gasteiger partial charge in [-0.1, -0.05) is 12.1 Å². The molecule has 17 heavy (non-hydrogen) atoms. The second-order valence-electron chi connectivity index (χ2n) is 3.56. The Morgan fingerprint density at radius 1 is 1.41 bits per heavy atom. The van der Waals surface area contributed by atoms with Gasteiger partial charge < -0.3 is 10.1 Å². The lowest BCUT2D eigenvalue weighted by Gasteiger charge is -2.07. The summed E-state index contributed by atoms with van der Waals surface area (Å²) in [5.41, 5.74) is 1.15. The highest BCUT2D eigenvalue weighted by atomic mass is 16.5. The molecule has 88 valence electrons. The number of carbonyl (C=O) groups excluding carboxylic acids is 1. The van der Waals surface area contributed by atoms with Crippen LogP contribution in [-0.2, 0) is 7.05 Å². The van der Waals surface area contributed by atoms with Gasteiger partial charge in [0, 0.05) is 13.2 Å². The Bertz CT molecular complexity index is 534. The van der Waals surface area contributed by atoms with Crippen molar-refractivity contribution < 1.29 is 9.53 Å². The van der Waals surface area contributed by atoms with Crippen LogP contribution in [-0.4, -0.2) is 22.8 Å². The van der Waals surface area contributed by atoms with E-state index in [2.05, 4.69) is 10.4 Å². The molecule has 0 spiro atoms. The van der Waals surface area contributed by atoms with Crippen LogP contribution in [0.2, 0.25) is 0 Å². The van der Waals surface area contributed by atoms with Crippen LogP contribution in [0.1, 0.15) is 10.4 Å². The summed E-state index contributed by atoms with van der Waals surface area (Å²) in [5, 5.41) is 6.73. The Morgan fingerprint density at radius 3 is 2.82 bits per heavy atom. The van der Waals surface area contributed by atoms with Crippen LogP contribution in [0.3, 0.4) is 0 Å². The third kappa shape index (κ3) is 2.44. The summed E-state index contributed by atoms with van der Waals surface area (Å²) >= 11 is 0. The van der Waals surface area contributed by atoms with Crippen LogP contribution in [0.15, 0.2) is 36.7 Å². The van der Waals surface area contributed by atoms with Crippen molar-refractivity contribution in [1.82, 2.24) is 9.78 Å². The third-order valence-electron chi connectivity index (χ3n) is 2.31. The van der Waals surface area contributed by atoms with Crippen LogP contribution >= 0.6 is 0 Å². The summed E-state index contributed by atoms with van der Waals surface area (Å²) < 4.78 is 6.75. The topological polar surface area (TPSA) is 56.1 Å². The number of aromatic nitrogens is 2. The summed E-state index contributed by atoms with van der Waals surface area (Å²) in [6.45, 7) is 0. The molecule has 0 radical (unpaired) electrons. The molecule has 0 aliphatic heterocycles. The van der Waals surface area contributed by atoms with Crippen LogP contribution in [0, 0.1) is 0 Å². The molecular weight excluding hydrogens is 218 g/mol. The van der Waals surface area contributed by atoms with Crippen molar-refractivity contribution in [3.63, 3.8) is 0 Å². The molecule has 5 nitrogen and oxygen atoms in total. The molecule has 0 fully saturated rings. The van der Waals surface area contributed by atoms with Gasteiger partial charge >= 0.3 is 0 Å². The van der Waals surface area contributed by atoms with Crippen molar-refractivity contribution in [2.75, 3.05) is 12.4 Å². The summed E-state index contributed by atoms with van der Waals surface area (Å²) in [6, 6.07) is 7.07. The number of ether oxygens (including phenoxy) is 1. The molecule has 0 aliphatic carbocycles. The lowest BCUT2D eigenvalue weighted by molar-refractivity contribution is 0.102. The van der Waals surface area contributed by atoms with E-state index in [0.29, 0.717) is 17.0 Å². The number of rotatable bonds is 3. The smallest absolute Gasteiger partial charge is 0.259 e. The van der Waals surface area contributed by atoms with Crippen molar-refractivity contribution in [3.05, 3.63) is 42.2 Å². The minimum absolute atomic E-state index is 0.213. The van der Waals surface area contributed by atoms with E-state index in [1.807, 2.05) is 6.07 Å². The van der Waals surface area contributed by atoms with Crippen LogP contribution < -0.4 is 10.1 Å². The number of anilines is 1. The van der Waals surface area contributed by atoms with Gasteiger partial charge in [-0.05, 0) is 12.1 Å². The molecule has 0 aliphatic rings. The summed E-state index contributed by atoms with van der Waals surface area (Å²) in [4.78, 5) is 12.0. The highest BCUT2D eigenvalue weighted by Crippen LogP contribution is 2.18. The maximum atomic E-state index is 12.0. The predicted octanol–water partition coefficient (Wildman–Crippen LogP) is 1.68. The van der Waals surface area contributed by atoms with Crippen molar-refractivity contribution in [2.45, 2.75) is 0 Å². The van der Waals surface area contributed by atoms with E-state index in [-0.39, 0.29) is 5.91 Å². The largest absolute Gasteiger partial charge is 0.496 e. The van der Waals surface area contributed by atoms with Gasteiger partial charge in [0.1, 0.15) is 5.75 Å². The normalized spacial score (nSPS) is 10.0. The van der Waals surface area contributed by atoms with Gasteiger partial charge in [0.25, 0.3) is 5.91 Å². The van der Waals surface area contributed by atoms with Gasteiger partial charge in [-0.15, -0.1) is 0 Å². The number of carbonyl (C=O) groups is 1. The monoisotopic (exact) mass is 231 g/mol. The van der Waals surface area contributed by atoms with Crippen molar-refractivity contribution >= 4 is 11.6 Å². The van der Waals surface area contributed by atoms with Gasteiger partial charge in [-0.25, -0.2) is 0 Å². The lowest BCUT2D eigenvalue weighted by Crippen LogP contribution is -2.12. The summed E-state index contributed by atoms with van der Waals surface area (Å²) in [5.74, 6) is 0.337. The van der Waals surface area contributed by atoms with E-state index < -0.39 is 0 Å². The molecule has 1 aromatic carbocycles. The number of nitrogens with zero attached hydrogens (tertiary/aromatic N) is 2.